The third-order valence-electron chi connectivity index (χ3n) is 2.82. The van der Waals surface area contributed by atoms with Gasteiger partial charge in [-0.1, -0.05) is 19.9 Å². The second-order valence-corrected chi connectivity index (χ2v) is 4.67. The highest BCUT2D eigenvalue weighted by Crippen LogP contribution is 2.26. The summed E-state index contributed by atoms with van der Waals surface area (Å²) in [6.07, 6.45) is 0. The van der Waals surface area contributed by atoms with Gasteiger partial charge in [0.2, 0.25) is 0 Å². The van der Waals surface area contributed by atoms with Gasteiger partial charge in [0.25, 0.3) is 0 Å². The average Bonchev–Trinajstić information content (AvgIpc) is 2.49. The summed E-state index contributed by atoms with van der Waals surface area (Å²) in [5.74, 6) is 0. The number of benzene rings is 2. The Morgan fingerprint density at radius 1 is 0.905 bits per heavy atom. The van der Waals surface area contributed by atoms with Crippen LogP contribution in [0.15, 0.2) is 52.7 Å². The van der Waals surface area contributed by atoms with Crippen molar-refractivity contribution in [2.75, 3.05) is 24.7 Å². The number of hydrogen-bond acceptors (Lipinski definition) is 4. The number of nitrogens with zero attached hydrogens (tertiary/aromatic N) is 3. The van der Waals surface area contributed by atoms with Gasteiger partial charge in [0.15, 0.2) is 0 Å². The summed E-state index contributed by atoms with van der Waals surface area (Å²) in [7, 11) is 4.01. The third-order valence-corrected chi connectivity index (χ3v) is 2.82. The summed E-state index contributed by atoms with van der Waals surface area (Å²) in [6, 6.07) is 13.6. The van der Waals surface area contributed by atoms with Gasteiger partial charge in [-0.05, 0) is 48.9 Å². The van der Waals surface area contributed by atoms with Gasteiger partial charge in [0.1, 0.15) is 5.69 Å². The molecule has 0 saturated carbocycles. The van der Waals surface area contributed by atoms with E-state index in [9.17, 15) is 0 Å². The molecule has 2 aromatic rings. The van der Waals surface area contributed by atoms with E-state index >= 15 is 0 Å². The maximum Gasteiger partial charge on any atom is 0.109 e. The summed E-state index contributed by atoms with van der Waals surface area (Å²) in [6.45, 7) is 6.00. The average molecular weight is 284 g/mol. The van der Waals surface area contributed by atoms with Crippen molar-refractivity contribution in [3.05, 3.63) is 48.0 Å². The number of anilines is 2. The second kappa shape index (κ2) is 8.04. The predicted octanol–water partition coefficient (Wildman–Crippen LogP) is 5.08. The first kappa shape index (κ1) is 16.7. The van der Waals surface area contributed by atoms with Crippen molar-refractivity contribution in [2.24, 2.45) is 10.2 Å². The Kier molecular flexibility index (Phi) is 6.40. The molecule has 0 spiro atoms. The molecule has 0 unspecified atom stereocenters. The quantitative estimate of drug-likeness (QED) is 0.631. The molecule has 0 aromatic heterocycles. The molecule has 0 aliphatic heterocycles. The van der Waals surface area contributed by atoms with Gasteiger partial charge in [-0.3, -0.25) is 0 Å². The molecule has 2 aromatic carbocycles. The van der Waals surface area contributed by atoms with Crippen LogP contribution in [0.1, 0.15) is 19.4 Å². The minimum Gasteiger partial charge on any atom is -0.397 e. The third kappa shape index (κ3) is 4.91. The minimum atomic E-state index is 0.647. The summed E-state index contributed by atoms with van der Waals surface area (Å²) in [5, 5.41) is 8.37. The molecule has 0 saturated heterocycles. The Bertz CT molecular complexity index is 586. The van der Waals surface area contributed by atoms with E-state index < -0.39 is 0 Å². The van der Waals surface area contributed by atoms with Crippen LogP contribution in [0.25, 0.3) is 0 Å². The van der Waals surface area contributed by atoms with E-state index in [-0.39, 0.29) is 0 Å². The fourth-order valence-electron chi connectivity index (χ4n) is 1.69. The monoisotopic (exact) mass is 284 g/mol. The van der Waals surface area contributed by atoms with Gasteiger partial charge in [-0.2, -0.15) is 5.11 Å². The van der Waals surface area contributed by atoms with Gasteiger partial charge in [0.05, 0.1) is 11.4 Å². The molecule has 0 heterocycles. The van der Waals surface area contributed by atoms with Gasteiger partial charge >= 0.3 is 0 Å². The van der Waals surface area contributed by atoms with Crippen molar-refractivity contribution in [1.82, 2.24) is 0 Å². The summed E-state index contributed by atoms with van der Waals surface area (Å²) in [5.41, 5.74) is 10.3. The summed E-state index contributed by atoms with van der Waals surface area (Å²) in [4.78, 5) is 2.04. The van der Waals surface area contributed by atoms with E-state index in [2.05, 4.69) is 10.2 Å². The molecule has 4 heteroatoms. The molecule has 0 aliphatic carbocycles. The molecule has 4 nitrogen and oxygen atoms in total. The molecule has 0 atom stereocenters. The molecule has 112 valence electrons. The Morgan fingerprint density at radius 3 is 2.05 bits per heavy atom. The van der Waals surface area contributed by atoms with E-state index in [1.54, 1.807) is 0 Å². The lowest BCUT2D eigenvalue weighted by Gasteiger charge is -2.11. The lowest BCUT2D eigenvalue weighted by Crippen LogP contribution is -2.07. The standard InChI is InChI=1S/C15H18N4.C2H6/c1-11-4-9-15(14(16)10-11)18-17-12-5-7-13(8-6-12)19(2)3;1-2/h4-10H,16H2,1-3H3;1-2H3. The molecular weight excluding hydrogens is 260 g/mol. The number of hydrogen-bond donors (Lipinski definition) is 1. The van der Waals surface area contributed by atoms with E-state index in [1.807, 2.05) is 82.2 Å². The molecule has 0 fully saturated rings. The highest BCUT2D eigenvalue weighted by atomic mass is 15.1. The molecular formula is C17H24N4. The van der Waals surface area contributed by atoms with Gasteiger partial charge in [-0.25, -0.2) is 0 Å². The maximum atomic E-state index is 5.89. The van der Waals surface area contributed by atoms with E-state index in [0.717, 1.165) is 16.9 Å². The van der Waals surface area contributed by atoms with Crippen molar-refractivity contribution in [3.63, 3.8) is 0 Å². The molecule has 0 bridgehead atoms. The minimum absolute atomic E-state index is 0.647. The van der Waals surface area contributed by atoms with Crippen molar-refractivity contribution >= 4 is 22.7 Å². The zero-order valence-electron chi connectivity index (χ0n) is 13.5. The van der Waals surface area contributed by atoms with E-state index in [4.69, 9.17) is 5.73 Å². The first-order valence-corrected chi connectivity index (χ1v) is 7.11. The van der Waals surface area contributed by atoms with Crippen molar-refractivity contribution in [2.45, 2.75) is 20.8 Å². The van der Waals surface area contributed by atoms with Crippen molar-refractivity contribution in [1.29, 1.82) is 0 Å². The second-order valence-electron chi connectivity index (χ2n) is 4.67. The Hall–Kier alpha value is -2.36. The van der Waals surface area contributed by atoms with Crippen molar-refractivity contribution < 1.29 is 0 Å². The lowest BCUT2D eigenvalue weighted by atomic mass is 10.2. The largest absolute Gasteiger partial charge is 0.397 e. The number of nitrogens with two attached hydrogens (primary N) is 1. The molecule has 0 aliphatic rings. The van der Waals surface area contributed by atoms with Crippen LogP contribution in [0.3, 0.4) is 0 Å². The molecule has 0 amide bonds. The first-order valence-electron chi connectivity index (χ1n) is 7.11. The van der Waals surface area contributed by atoms with Crippen LogP contribution in [-0.2, 0) is 0 Å². The smallest absolute Gasteiger partial charge is 0.109 e. The van der Waals surface area contributed by atoms with Gasteiger partial charge in [0, 0.05) is 19.8 Å². The Balaban J connectivity index is 0.00000106. The fraction of sp³-hybridized carbons (Fsp3) is 0.294. The first-order chi connectivity index (χ1) is 10.1. The predicted molar refractivity (Wildman–Crippen MR) is 91.9 cm³/mol. The van der Waals surface area contributed by atoms with Crippen molar-refractivity contribution in [3.8, 4) is 0 Å². The van der Waals surface area contributed by atoms with Crippen LogP contribution < -0.4 is 10.6 Å². The normalized spacial score (nSPS) is 10.1. The number of azo groups is 1. The fourth-order valence-corrected chi connectivity index (χ4v) is 1.69. The maximum absolute atomic E-state index is 5.89. The molecule has 0 radical (unpaired) electrons. The molecule has 2 N–H and O–H groups in total. The zero-order valence-corrected chi connectivity index (χ0v) is 13.5. The van der Waals surface area contributed by atoms with Crippen LogP contribution in [0.2, 0.25) is 0 Å². The number of rotatable bonds is 3. The number of aryl methyl sites for hydroxylation is 1. The number of nitrogen functional groups attached to an aromatic ring is 1. The molecule has 21 heavy (non-hydrogen) atoms. The highest BCUT2D eigenvalue weighted by Gasteiger charge is 1.98. The van der Waals surface area contributed by atoms with Crippen LogP contribution in [0.5, 0.6) is 0 Å². The van der Waals surface area contributed by atoms with Crippen LogP contribution in [0, 0.1) is 6.92 Å². The highest BCUT2D eigenvalue weighted by molar-refractivity contribution is 5.63. The Morgan fingerprint density at radius 2 is 1.52 bits per heavy atom. The van der Waals surface area contributed by atoms with E-state index in [0.29, 0.717) is 11.4 Å². The Labute approximate surface area is 127 Å². The zero-order chi connectivity index (χ0) is 15.8. The van der Waals surface area contributed by atoms with E-state index in [1.165, 1.54) is 0 Å². The molecule has 2 rings (SSSR count). The van der Waals surface area contributed by atoms with Crippen LogP contribution in [0.4, 0.5) is 22.7 Å². The van der Waals surface area contributed by atoms with Crippen LogP contribution >= 0.6 is 0 Å². The van der Waals surface area contributed by atoms with Gasteiger partial charge < -0.3 is 10.6 Å². The van der Waals surface area contributed by atoms with Crippen LogP contribution in [-0.4, -0.2) is 14.1 Å². The SMILES string of the molecule is CC.Cc1ccc(N=Nc2ccc(N(C)C)cc2)c(N)c1. The topological polar surface area (TPSA) is 54.0 Å². The lowest BCUT2D eigenvalue weighted by molar-refractivity contribution is 1.13. The van der Waals surface area contributed by atoms with Gasteiger partial charge in [-0.15, -0.1) is 5.11 Å². The summed E-state index contributed by atoms with van der Waals surface area (Å²) < 4.78 is 0. The summed E-state index contributed by atoms with van der Waals surface area (Å²) >= 11 is 0.